The smallest absolute Gasteiger partial charge is 0.251 e. The molecule has 5 heteroatoms. The molecule has 20 heavy (non-hydrogen) atoms. The Labute approximate surface area is 119 Å². The molecule has 108 valence electrons. The van der Waals surface area contributed by atoms with E-state index in [0.717, 1.165) is 17.8 Å². The number of amides is 2. The maximum Gasteiger partial charge on any atom is 0.251 e. The van der Waals surface area contributed by atoms with Crippen LogP contribution in [0.15, 0.2) is 18.2 Å². The van der Waals surface area contributed by atoms with Gasteiger partial charge in [-0.25, -0.2) is 0 Å². The molecule has 0 bridgehead atoms. The predicted molar refractivity (Wildman–Crippen MR) is 78.9 cm³/mol. The van der Waals surface area contributed by atoms with Gasteiger partial charge in [-0.1, -0.05) is 6.92 Å². The first-order chi connectivity index (χ1) is 9.60. The number of hydrogen-bond donors (Lipinski definition) is 3. The molecule has 0 aliphatic carbocycles. The van der Waals surface area contributed by atoms with Crippen LogP contribution in [-0.4, -0.2) is 30.9 Å². The van der Waals surface area contributed by atoms with E-state index in [0.29, 0.717) is 24.9 Å². The van der Waals surface area contributed by atoms with Crippen molar-refractivity contribution in [1.29, 1.82) is 0 Å². The molecule has 0 aromatic heterocycles. The van der Waals surface area contributed by atoms with E-state index in [1.165, 1.54) is 0 Å². The molecule has 2 rings (SSSR count). The summed E-state index contributed by atoms with van der Waals surface area (Å²) in [5, 5.41) is 8.97. The Balaban J connectivity index is 1.99. The van der Waals surface area contributed by atoms with Crippen LogP contribution in [0.25, 0.3) is 0 Å². The molecule has 1 aromatic rings. The lowest BCUT2D eigenvalue weighted by Gasteiger charge is -2.18. The fourth-order valence-corrected chi connectivity index (χ4v) is 2.29. The number of likely N-dealkylation sites (N-methyl/N-ethyl adjacent to an activating group) is 1. The number of hydrogen-bond acceptors (Lipinski definition) is 3. The van der Waals surface area contributed by atoms with E-state index >= 15 is 0 Å². The monoisotopic (exact) mass is 275 g/mol. The maximum atomic E-state index is 12.1. The predicted octanol–water partition coefficient (Wildman–Crippen LogP) is 1.30. The number of rotatable bonds is 5. The fourth-order valence-electron chi connectivity index (χ4n) is 2.29. The van der Waals surface area contributed by atoms with Crippen LogP contribution in [0, 0.1) is 0 Å². The number of carbonyl (C=O) groups excluding carboxylic acids is 2. The highest BCUT2D eigenvalue weighted by Crippen LogP contribution is 2.23. The van der Waals surface area contributed by atoms with Gasteiger partial charge in [0.25, 0.3) is 5.91 Å². The standard InChI is InChI=1S/C15H21N3O2/c1-3-16-10(2)9-17-15(20)12-4-6-13-11(8-12)5-7-14(19)18-13/h4,6,8,10,16H,3,5,7,9H2,1-2H3,(H,17,20)(H,18,19)/t10-/m1/s1. The molecule has 1 aliphatic rings. The summed E-state index contributed by atoms with van der Waals surface area (Å²) in [7, 11) is 0. The van der Waals surface area contributed by atoms with E-state index in [2.05, 4.69) is 16.0 Å². The van der Waals surface area contributed by atoms with E-state index in [9.17, 15) is 9.59 Å². The molecule has 0 unspecified atom stereocenters. The van der Waals surface area contributed by atoms with Gasteiger partial charge < -0.3 is 16.0 Å². The number of benzene rings is 1. The van der Waals surface area contributed by atoms with Gasteiger partial charge >= 0.3 is 0 Å². The average molecular weight is 275 g/mol. The van der Waals surface area contributed by atoms with Gasteiger partial charge in [0, 0.05) is 30.3 Å². The summed E-state index contributed by atoms with van der Waals surface area (Å²) < 4.78 is 0. The molecule has 0 saturated heterocycles. The van der Waals surface area contributed by atoms with Gasteiger partial charge in [-0.15, -0.1) is 0 Å². The van der Waals surface area contributed by atoms with Crippen molar-refractivity contribution in [3.63, 3.8) is 0 Å². The van der Waals surface area contributed by atoms with Crippen LogP contribution >= 0.6 is 0 Å². The number of anilines is 1. The molecule has 0 fully saturated rings. The number of carbonyl (C=O) groups is 2. The number of fused-ring (bicyclic) bond motifs is 1. The molecular weight excluding hydrogens is 254 g/mol. The molecule has 0 saturated carbocycles. The Morgan fingerprint density at radius 1 is 1.40 bits per heavy atom. The molecule has 1 aliphatic heterocycles. The van der Waals surface area contributed by atoms with Crippen LogP contribution in [0.4, 0.5) is 5.69 Å². The first kappa shape index (κ1) is 14.5. The third-order valence-electron chi connectivity index (χ3n) is 3.38. The van der Waals surface area contributed by atoms with Crippen LogP contribution in [0.5, 0.6) is 0 Å². The third kappa shape index (κ3) is 3.57. The van der Waals surface area contributed by atoms with Gasteiger partial charge in [0.2, 0.25) is 5.91 Å². The Kier molecular flexibility index (Phi) is 4.74. The van der Waals surface area contributed by atoms with Crippen molar-refractivity contribution in [2.75, 3.05) is 18.4 Å². The largest absolute Gasteiger partial charge is 0.350 e. The molecule has 0 spiro atoms. The zero-order valence-corrected chi connectivity index (χ0v) is 12.0. The Morgan fingerprint density at radius 2 is 2.20 bits per heavy atom. The van der Waals surface area contributed by atoms with E-state index in [-0.39, 0.29) is 17.9 Å². The quantitative estimate of drug-likeness (QED) is 0.758. The minimum atomic E-state index is -0.0746. The Hall–Kier alpha value is -1.88. The lowest BCUT2D eigenvalue weighted by Crippen LogP contribution is -2.38. The van der Waals surface area contributed by atoms with Crippen molar-refractivity contribution >= 4 is 17.5 Å². The maximum absolute atomic E-state index is 12.1. The van der Waals surface area contributed by atoms with E-state index < -0.39 is 0 Å². The summed E-state index contributed by atoms with van der Waals surface area (Å²) in [6.07, 6.45) is 1.17. The topological polar surface area (TPSA) is 70.2 Å². The minimum Gasteiger partial charge on any atom is -0.350 e. The highest BCUT2D eigenvalue weighted by atomic mass is 16.2. The number of nitrogens with one attached hydrogen (secondary N) is 3. The molecule has 2 amide bonds. The lowest BCUT2D eigenvalue weighted by molar-refractivity contribution is -0.116. The van der Waals surface area contributed by atoms with Gasteiger partial charge in [0.05, 0.1) is 0 Å². The zero-order chi connectivity index (χ0) is 14.5. The van der Waals surface area contributed by atoms with Gasteiger partial charge in [-0.05, 0) is 43.7 Å². The molecule has 1 aromatic carbocycles. The Bertz CT molecular complexity index is 514. The second-order valence-electron chi connectivity index (χ2n) is 5.09. The summed E-state index contributed by atoms with van der Waals surface area (Å²) >= 11 is 0. The highest BCUT2D eigenvalue weighted by Gasteiger charge is 2.16. The van der Waals surface area contributed by atoms with E-state index in [1.54, 1.807) is 12.1 Å². The summed E-state index contributed by atoms with van der Waals surface area (Å²) in [6, 6.07) is 5.66. The lowest BCUT2D eigenvalue weighted by atomic mass is 10.00. The van der Waals surface area contributed by atoms with Crippen molar-refractivity contribution in [2.45, 2.75) is 32.7 Å². The summed E-state index contributed by atoms with van der Waals surface area (Å²) in [4.78, 5) is 23.4. The summed E-state index contributed by atoms with van der Waals surface area (Å²) in [5.41, 5.74) is 2.49. The SMILES string of the molecule is CCN[C@H](C)CNC(=O)c1ccc2c(c1)CCC(=O)N2. The van der Waals surface area contributed by atoms with Crippen molar-refractivity contribution in [3.05, 3.63) is 29.3 Å². The molecule has 5 nitrogen and oxygen atoms in total. The van der Waals surface area contributed by atoms with Crippen LogP contribution in [-0.2, 0) is 11.2 Å². The van der Waals surface area contributed by atoms with Gasteiger partial charge in [-0.2, -0.15) is 0 Å². The minimum absolute atomic E-state index is 0.0363. The molecular formula is C15H21N3O2. The zero-order valence-electron chi connectivity index (χ0n) is 12.0. The molecule has 1 heterocycles. The Morgan fingerprint density at radius 3 is 2.95 bits per heavy atom. The fraction of sp³-hybridized carbons (Fsp3) is 0.467. The molecule has 1 atom stereocenters. The van der Waals surface area contributed by atoms with Crippen LogP contribution in [0.1, 0.15) is 36.2 Å². The van der Waals surface area contributed by atoms with Gasteiger partial charge in [-0.3, -0.25) is 9.59 Å². The normalized spacial score (nSPS) is 15.2. The third-order valence-corrected chi connectivity index (χ3v) is 3.38. The van der Waals surface area contributed by atoms with Gasteiger partial charge in [0.1, 0.15) is 0 Å². The average Bonchev–Trinajstić information content (AvgIpc) is 2.44. The highest BCUT2D eigenvalue weighted by molar-refractivity contribution is 5.97. The van der Waals surface area contributed by atoms with Gasteiger partial charge in [0.15, 0.2) is 0 Å². The van der Waals surface area contributed by atoms with E-state index in [1.807, 2.05) is 19.9 Å². The first-order valence-corrected chi connectivity index (χ1v) is 7.04. The van der Waals surface area contributed by atoms with Crippen molar-refractivity contribution < 1.29 is 9.59 Å². The summed E-state index contributed by atoms with van der Waals surface area (Å²) in [6.45, 7) is 5.55. The van der Waals surface area contributed by atoms with Crippen molar-refractivity contribution in [1.82, 2.24) is 10.6 Å². The summed E-state index contributed by atoms with van der Waals surface area (Å²) in [5.74, 6) is -0.0383. The first-order valence-electron chi connectivity index (χ1n) is 7.04. The molecule has 0 radical (unpaired) electrons. The second kappa shape index (κ2) is 6.52. The van der Waals surface area contributed by atoms with Crippen molar-refractivity contribution in [3.8, 4) is 0 Å². The number of aryl methyl sites for hydroxylation is 1. The second-order valence-corrected chi connectivity index (χ2v) is 5.09. The van der Waals surface area contributed by atoms with Crippen LogP contribution < -0.4 is 16.0 Å². The van der Waals surface area contributed by atoms with E-state index in [4.69, 9.17) is 0 Å². The van der Waals surface area contributed by atoms with Crippen LogP contribution in [0.2, 0.25) is 0 Å². The molecule has 3 N–H and O–H groups in total. The van der Waals surface area contributed by atoms with Crippen LogP contribution in [0.3, 0.4) is 0 Å². The van der Waals surface area contributed by atoms with Crippen molar-refractivity contribution in [2.24, 2.45) is 0 Å².